The molecule has 0 fully saturated rings. The summed E-state index contributed by atoms with van der Waals surface area (Å²) >= 11 is 0. The predicted octanol–water partition coefficient (Wildman–Crippen LogP) is 31.9. The first-order valence-corrected chi connectivity index (χ1v) is 41.7. The highest BCUT2D eigenvalue weighted by molar-refractivity contribution is 6.13. The fraction of sp³-hybridized carbons (Fsp3) is 0. The Morgan fingerprint density at radius 1 is 0.129 bits per heavy atom. The van der Waals surface area contributed by atoms with Gasteiger partial charge in [0, 0.05) is 87.6 Å². The molecule has 0 N–H and O–H groups in total. The molecule has 8 heteroatoms. The average Bonchev–Trinajstić information content (AvgIpc) is 1.55. The van der Waals surface area contributed by atoms with Crippen molar-refractivity contribution < 1.29 is 17.7 Å². The zero-order chi connectivity index (χ0) is 82.0. The average molecular weight is 1590 g/mol. The summed E-state index contributed by atoms with van der Waals surface area (Å²) in [6.45, 7) is 0. The Labute approximate surface area is 714 Å². The lowest BCUT2D eigenvalue weighted by Crippen LogP contribution is -1.97. The molecule has 24 rings (SSSR count). The van der Waals surface area contributed by atoms with E-state index in [4.69, 9.17) is 37.6 Å². The van der Waals surface area contributed by atoms with Crippen LogP contribution in [0.4, 0.5) is 0 Å². The number of benzene rings is 18. The van der Waals surface area contributed by atoms with Crippen LogP contribution in [0.2, 0.25) is 0 Å². The monoisotopic (exact) mass is 1580 g/mol. The van der Waals surface area contributed by atoms with Crippen LogP contribution in [0.15, 0.2) is 454 Å². The van der Waals surface area contributed by atoms with Crippen LogP contribution in [0.5, 0.6) is 0 Å². The fourth-order valence-corrected chi connectivity index (χ4v) is 17.5. The van der Waals surface area contributed by atoms with Crippen molar-refractivity contribution in [2.75, 3.05) is 0 Å². The molecule has 0 radical (unpaired) electrons. The molecule has 18 aromatic carbocycles. The van der Waals surface area contributed by atoms with E-state index >= 15 is 0 Å². The predicted molar refractivity (Wildman–Crippen MR) is 509 cm³/mol. The normalized spacial score (nSPS) is 11.5. The minimum absolute atomic E-state index is 0.619. The second kappa shape index (κ2) is 30.9. The van der Waals surface area contributed by atoms with E-state index in [0.717, 1.165) is 211 Å². The number of nitrogens with zero attached hydrogens (tertiary/aromatic N) is 4. The summed E-state index contributed by atoms with van der Waals surface area (Å²) in [5, 5.41) is 8.66. The van der Waals surface area contributed by atoms with Crippen LogP contribution in [-0.4, -0.2) is 19.9 Å². The molecule has 0 aliphatic rings. The van der Waals surface area contributed by atoms with Gasteiger partial charge in [0.25, 0.3) is 0 Å². The van der Waals surface area contributed by atoms with E-state index in [0.29, 0.717) is 11.6 Å². The number of furan rings is 4. The Hall–Kier alpha value is -16.7. The zero-order valence-electron chi connectivity index (χ0n) is 67.0. The van der Waals surface area contributed by atoms with Crippen LogP contribution in [0.1, 0.15) is 0 Å². The molecular formula is C116H72N4O4. The molecule has 0 saturated heterocycles. The summed E-state index contributed by atoms with van der Waals surface area (Å²) in [5.41, 5.74) is 33.6. The summed E-state index contributed by atoms with van der Waals surface area (Å²) in [7, 11) is 0. The third kappa shape index (κ3) is 13.7. The maximum absolute atomic E-state index is 6.63. The molecule has 24 aromatic rings. The van der Waals surface area contributed by atoms with Gasteiger partial charge in [0.15, 0.2) is 11.6 Å². The van der Waals surface area contributed by atoms with Gasteiger partial charge in [-0.3, -0.25) is 0 Å². The van der Waals surface area contributed by atoms with Crippen LogP contribution >= 0.6 is 0 Å². The standard InChI is InChI=1S/2C58H36N2O2/c1-3-13-37(14-4-1)39-25-29-41(30-26-39)52-36-53(42-31-27-40(28-32-42)38-15-5-2-6-16-38)60-58(59-52)45-34-43(46-19-11-21-50-48-17-7-9-23-54(48)61-56(46)50)33-44(35-45)47-20-12-22-51-49-18-8-10-24-55(49)62-57(47)51;1-3-11-37(12-4-1)39-19-23-41(24-20-39)52-36-53(42-25-21-40(22-26-42)38-13-5-2-6-14-38)60-58(59-52)47-32-45(43-27-29-56-50(34-43)48-15-7-9-17-54(48)61-56)31-46(33-47)44-28-30-57-51(35-44)49-16-8-10-18-55(49)62-57/h2*1-36H. The summed E-state index contributed by atoms with van der Waals surface area (Å²) < 4.78 is 25.7. The van der Waals surface area contributed by atoms with E-state index < -0.39 is 0 Å². The molecule has 0 atom stereocenters. The van der Waals surface area contributed by atoms with Gasteiger partial charge in [0.1, 0.15) is 44.7 Å². The summed E-state index contributed by atoms with van der Waals surface area (Å²) in [6, 6.07) is 153. The summed E-state index contributed by atoms with van der Waals surface area (Å²) in [6.07, 6.45) is 0. The lowest BCUT2D eigenvalue weighted by atomic mass is 9.93. The Morgan fingerprint density at radius 3 is 0.694 bits per heavy atom. The molecule has 0 bridgehead atoms. The second-order valence-electron chi connectivity index (χ2n) is 31.5. The SMILES string of the molecule is c1ccc(-c2ccc(-c3cc(-c4ccc(-c5ccccc5)cc4)nc(-c4cc(-c5ccc6oc7ccccc7c6c5)cc(-c5ccc6oc7ccccc7c6c5)c4)n3)cc2)cc1.c1ccc(-c2ccc(-c3cc(-c4ccc(-c5ccccc5)cc4)nc(-c4cc(-c5cccc6c5oc5ccccc56)cc(-c5cccc6c5oc5ccccc56)c4)n3)cc2)cc1. The van der Waals surface area contributed by atoms with Crippen molar-refractivity contribution in [3.63, 3.8) is 0 Å². The van der Waals surface area contributed by atoms with Crippen LogP contribution < -0.4 is 0 Å². The van der Waals surface area contributed by atoms with Crippen molar-refractivity contribution in [3.8, 4) is 157 Å². The molecule has 0 saturated carbocycles. The zero-order valence-corrected chi connectivity index (χ0v) is 67.0. The smallest absolute Gasteiger partial charge is 0.160 e. The molecule has 6 aromatic heterocycles. The Kier molecular flexibility index (Phi) is 18.1. The highest BCUT2D eigenvalue weighted by Crippen LogP contribution is 2.45. The Bertz CT molecular complexity index is 7710. The van der Waals surface area contributed by atoms with E-state index in [-0.39, 0.29) is 0 Å². The first-order chi connectivity index (χ1) is 61.4. The van der Waals surface area contributed by atoms with Crippen LogP contribution in [0.25, 0.3) is 245 Å². The first-order valence-electron chi connectivity index (χ1n) is 41.7. The molecule has 0 aliphatic heterocycles. The van der Waals surface area contributed by atoms with Gasteiger partial charge in [0.05, 0.1) is 22.8 Å². The minimum Gasteiger partial charge on any atom is -0.456 e. The van der Waals surface area contributed by atoms with Crippen molar-refractivity contribution in [2.24, 2.45) is 0 Å². The number of fused-ring (bicyclic) bond motifs is 12. The third-order valence-corrected chi connectivity index (χ3v) is 23.8. The molecular weight excluding hydrogens is 1510 g/mol. The number of hydrogen-bond acceptors (Lipinski definition) is 8. The maximum Gasteiger partial charge on any atom is 0.160 e. The Morgan fingerprint density at radius 2 is 0.363 bits per heavy atom. The van der Waals surface area contributed by atoms with E-state index in [1.165, 1.54) is 22.3 Å². The van der Waals surface area contributed by atoms with Gasteiger partial charge in [-0.1, -0.05) is 340 Å². The first kappa shape index (κ1) is 72.5. The Balaban J connectivity index is 0.000000143. The van der Waals surface area contributed by atoms with Gasteiger partial charge in [0.2, 0.25) is 0 Å². The van der Waals surface area contributed by atoms with Crippen molar-refractivity contribution in [1.82, 2.24) is 19.9 Å². The largest absolute Gasteiger partial charge is 0.456 e. The van der Waals surface area contributed by atoms with Crippen molar-refractivity contribution in [1.29, 1.82) is 0 Å². The third-order valence-electron chi connectivity index (χ3n) is 23.8. The van der Waals surface area contributed by atoms with Crippen LogP contribution in [0.3, 0.4) is 0 Å². The summed E-state index contributed by atoms with van der Waals surface area (Å²) in [4.78, 5) is 21.5. The van der Waals surface area contributed by atoms with Gasteiger partial charge in [-0.05, 0) is 175 Å². The van der Waals surface area contributed by atoms with Crippen LogP contribution in [0, 0.1) is 0 Å². The van der Waals surface area contributed by atoms with E-state index in [1.807, 2.05) is 72.8 Å². The molecule has 0 aliphatic carbocycles. The highest BCUT2D eigenvalue weighted by Gasteiger charge is 2.23. The number of hydrogen-bond donors (Lipinski definition) is 0. The van der Waals surface area contributed by atoms with E-state index in [9.17, 15) is 0 Å². The van der Waals surface area contributed by atoms with Gasteiger partial charge in [-0.2, -0.15) is 0 Å². The number of para-hydroxylation sites is 6. The van der Waals surface area contributed by atoms with E-state index in [1.54, 1.807) is 0 Å². The molecule has 8 nitrogen and oxygen atoms in total. The molecule has 0 unspecified atom stereocenters. The lowest BCUT2D eigenvalue weighted by Gasteiger charge is -2.14. The second-order valence-corrected chi connectivity index (χ2v) is 31.5. The van der Waals surface area contributed by atoms with Crippen molar-refractivity contribution in [2.45, 2.75) is 0 Å². The number of rotatable bonds is 14. The van der Waals surface area contributed by atoms with E-state index in [2.05, 4.69) is 364 Å². The highest BCUT2D eigenvalue weighted by atomic mass is 16.3. The minimum atomic E-state index is 0.619. The quantitative estimate of drug-likeness (QED) is 0.106. The van der Waals surface area contributed by atoms with Gasteiger partial charge >= 0.3 is 0 Å². The van der Waals surface area contributed by atoms with Crippen LogP contribution in [-0.2, 0) is 0 Å². The molecule has 580 valence electrons. The fourth-order valence-electron chi connectivity index (χ4n) is 17.5. The molecule has 6 heterocycles. The van der Waals surface area contributed by atoms with Gasteiger partial charge < -0.3 is 17.7 Å². The molecule has 0 amide bonds. The molecule has 0 spiro atoms. The van der Waals surface area contributed by atoms with Crippen molar-refractivity contribution >= 4 is 87.8 Å². The maximum atomic E-state index is 6.63. The number of aromatic nitrogens is 4. The molecule has 124 heavy (non-hydrogen) atoms. The van der Waals surface area contributed by atoms with Gasteiger partial charge in [-0.15, -0.1) is 0 Å². The van der Waals surface area contributed by atoms with Crippen molar-refractivity contribution in [3.05, 3.63) is 437 Å². The summed E-state index contributed by atoms with van der Waals surface area (Å²) in [5.74, 6) is 1.26. The van der Waals surface area contributed by atoms with Gasteiger partial charge in [-0.25, -0.2) is 19.9 Å². The topological polar surface area (TPSA) is 104 Å². The lowest BCUT2D eigenvalue weighted by molar-refractivity contribution is 0.668.